The van der Waals surface area contributed by atoms with Gasteiger partial charge < -0.3 is 0 Å². The smallest absolute Gasteiger partial charge is 0.170 e. The van der Waals surface area contributed by atoms with Gasteiger partial charge in [-0.3, -0.25) is 0 Å². The Morgan fingerprint density at radius 3 is 1.31 bits per heavy atom. The molecule has 0 aliphatic rings. The Bertz CT molecular complexity index is 423. The molecule has 6 heteroatoms. The third-order valence-corrected chi connectivity index (χ3v) is 7.17. The van der Waals surface area contributed by atoms with Crippen molar-refractivity contribution in [1.82, 2.24) is 0 Å². The Balaban J connectivity index is 5.23. The molecule has 0 N–H and O–H groups in total. The topological polar surface area (TPSA) is 0 Å². The van der Waals surface area contributed by atoms with Crippen molar-refractivity contribution in [2.75, 3.05) is 0 Å². The van der Waals surface area contributed by atoms with E-state index >= 15 is 0 Å². The molecule has 0 aromatic rings. The molecule has 0 amide bonds. The highest BCUT2D eigenvalue weighted by Crippen LogP contribution is 2.53. The van der Waals surface area contributed by atoms with Gasteiger partial charge in [0.15, 0.2) is 0 Å². The highest BCUT2D eigenvalue weighted by atomic mass is 19.4. The second-order valence-corrected chi connectivity index (χ2v) is 8.81. The minimum atomic E-state index is -4.33. The lowest BCUT2D eigenvalue weighted by Crippen LogP contribution is -2.46. The van der Waals surface area contributed by atoms with Crippen LogP contribution in [0.15, 0.2) is 0 Å². The molecule has 0 heterocycles. The van der Waals surface area contributed by atoms with Crippen LogP contribution in [-0.2, 0) is 0 Å². The average molecular weight is 390 g/mol. The van der Waals surface area contributed by atoms with Crippen LogP contribution >= 0.6 is 0 Å². The van der Waals surface area contributed by atoms with Crippen LogP contribution in [0.4, 0.5) is 26.3 Å². The fraction of sp³-hybridized carbons (Fsp3) is 1.00. The molecular formula is C20H36F6. The lowest BCUT2D eigenvalue weighted by molar-refractivity contribution is -0.255. The number of hydrogen-bond acceptors (Lipinski definition) is 0. The van der Waals surface area contributed by atoms with Crippen LogP contribution in [0, 0.1) is 34.5 Å². The molecule has 0 saturated carbocycles. The summed E-state index contributed by atoms with van der Waals surface area (Å²) in [5.41, 5.74) is -3.66. The van der Waals surface area contributed by atoms with Gasteiger partial charge in [-0.2, -0.15) is 26.3 Å². The highest BCUT2D eigenvalue weighted by Gasteiger charge is 2.57. The van der Waals surface area contributed by atoms with Crippen LogP contribution in [0.2, 0.25) is 0 Å². The van der Waals surface area contributed by atoms with Crippen LogP contribution in [0.5, 0.6) is 0 Å². The predicted octanol–water partition coefficient (Wildman–Crippen LogP) is 8.27. The molecule has 4 atom stereocenters. The van der Waals surface area contributed by atoms with Gasteiger partial charge in [-0.15, -0.1) is 0 Å². The summed E-state index contributed by atoms with van der Waals surface area (Å²) in [5, 5.41) is 0. The minimum absolute atomic E-state index is 0.275. The van der Waals surface area contributed by atoms with Gasteiger partial charge in [0, 0.05) is 0 Å². The molecule has 0 bridgehead atoms. The summed E-state index contributed by atoms with van der Waals surface area (Å²) < 4.78 is 81.7. The van der Waals surface area contributed by atoms with Gasteiger partial charge in [-0.25, -0.2) is 0 Å². The summed E-state index contributed by atoms with van der Waals surface area (Å²) in [5.74, 6) is -2.40. The first-order chi connectivity index (χ1) is 11.5. The second-order valence-electron chi connectivity index (χ2n) is 8.81. The van der Waals surface area contributed by atoms with Gasteiger partial charge in [0.05, 0.1) is 10.8 Å². The van der Waals surface area contributed by atoms with Crippen LogP contribution < -0.4 is 0 Å². The van der Waals surface area contributed by atoms with Gasteiger partial charge in [0.25, 0.3) is 0 Å². The summed E-state index contributed by atoms with van der Waals surface area (Å²) >= 11 is 0. The molecule has 0 fully saturated rings. The molecule has 0 aromatic heterocycles. The summed E-state index contributed by atoms with van der Waals surface area (Å²) in [6.45, 7) is 12.0. The lowest BCUT2D eigenvalue weighted by Gasteiger charge is -2.43. The molecule has 0 aliphatic heterocycles. The van der Waals surface area contributed by atoms with Crippen molar-refractivity contribution in [3.05, 3.63) is 0 Å². The minimum Gasteiger partial charge on any atom is -0.170 e. The molecule has 158 valence electrons. The van der Waals surface area contributed by atoms with Gasteiger partial charge in [0.1, 0.15) is 0 Å². The normalized spacial score (nSPS) is 20.8. The first kappa shape index (κ1) is 25.6. The SMILES string of the molecule is CCC(CCCC(C)C(C)(C(C)C)C(F)(F)F)[C@](C)(C(C)C)C(F)(F)F. The third kappa shape index (κ3) is 4.89. The van der Waals surface area contributed by atoms with E-state index in [1.165, 1.54) is 13.8 Å². The van der Waals surface area contributed by atoms with E-state index < -0.39 is 46.9 Å². The lowest BCUT2D eigenvalue weighted by atomic mass is 9.64. The Hall–Kier alpha value is -0.420. The molecule has 0 rings (SSSR count). The summed E-state index contributed by atoms with van der Waals surface area (Å²) in [6, 6.07) is 0. The van der Waals surface area contributed by atoms with Crippen molar-refractivity contribution < 1.29 is 26.3 Å². The summed E-state index contributed by atoms with van der Waals surface area (Å²) in [7, 11) is 0. The Kier molecular flexibility index (Phi) is 8.58. The van der Waals surface area contributed by atoms with Crippen molar-refractivity contribution >= 4 is 0 Å². The van der Waals surface area contributed by atoms with E-state index in [1.807, 2.05) is 0 Å². The van der Waals surface area contributed by atoms with E-state index in [0.717, 1.165) is 0 Å². The van der Waals surface area contributed by atoms with Gasteiger partial charge in [-0.1, -0.05) is 68.2 Å². The monoisotopic (exact) mass is 390 g/mol. The molecule has 0 saturated heterocycles. The zero-order chi connectivity index (χ0) is 21.1. The number of hydrogen-bond donors (Lipinski definition) is 0. The third-order valence-electron chi connectivity index (χ3n) is 7.17. The second kappa shape index (κ2) is 8.72. The number of rotatable bonds is 9. The largest absolute Gasteiger partial charge is 0.394 e. The zero-order valence-corrected chi connectivity index (χ0v) is 17.4. The van der Waals surface area contributed by atoms with Crippen molar-refractivity contribution in [2.45, 2.75) is 93.4 Å². The first-order valence-corrected chi connectivity index (χ1v) is 9.61. The molecular weight excluding hydrogens is 354 g/mol. The van der Waals surface area contributed by atoms with Crippen LogP contribution in [-0.4, -0.2) is 12.4 Å². The van der Waals surface area contributed by atoms with Gasteiger partial charge in [0.2, 0.25) is 0 Å². The number of alkyl halides is 6. The standard InChI is InChI=1S/C20H36F6/c1-9-16(18(8,14(4)5)20(24,25)26)12-10-11-15(6)17(7,13(2)3)19(21,22)23/h13-16H,9-12H2,1-8H3/t15?,16?,17?,18-/m0/s1. The zero-order valence-electron chi connectivity index (χ0n) is 17.4. The maximum atomic E-state index is 13.7. The fourth-order valence-electron chi connectivity index (χ4n) is 4.10. The maximum absolute atomic E-state index is 13.7. The molecule has 26 heavy (non-hydrogen) atoms. The molecule has 3 unspecified atom stereocenters. The Morgan fingerprint density at radius 1 is 0.654 bits per heavy atom. The van der Waals surface area contributed by atoms with Crippen molar-refractivity contribution in [3.8, 4) is 0 Å². The molecule has 0 nitrogen and oxygen atoms in total. The summed E-state index contributed by atoms with van der Waals surface area (Å²) in [4.78, 5) is 0. The van der Waals surface area contributed by atoms with E-state index in [2.05, 4.69) is 0 Å². The van der Waals surface area contributed by atoms with E-state index in [0.29, 0.717) is 19.3 Å². The maximum Gasteiger partial charge on any atom is 0.394 e. The van der Waals surface area contributed by atoms with Crippen LogP contribution in [0.1, 0.15) is 81.1 Å². The quantitative estimate of drug-likeness (QED) is 0.348. The van der Waals surface area contributed by atoms with Crippen LogP contribution in [0.25, 0.3) is 0 Å². The van der Waals surface area contributed by atoms with Crippen molar-refractivity contribution in [1.29, 1.82) is 0 Å². The summed E-state index contributed by atoms with van der Waals surface area (Å²) in [6.07, 6.45) is -7.35. The van der Waals surface area contributed by atoms with E-state index in [1.54, 1.807) is 41.5 Å². The molecule has 0 aromatic carbocycles. The highest BCUT2D eigenvalue weighted by molar-refractivity contribution is 4.92. The Labute approximate surface area is 155 Å². The van der Waals surface area contributed by atoms with E-state index in [9.17, 15) is 26.3 Å². The Morgan fingerprint density at radius 2 is 1.04 bits per heavy atom. The predicted molar refractivity (Wildman–Crippen MR) is 94.8 cm³/mol. The average Bonchev–Trinajstić information content (AvgIpc) is 2.46. The molecule has 0 spiro atoms. The van der Waals surface area contributed by atoms with Gasteiger partial charge >= 0.3 is 12.4 Å². The van der Waals surface area contributed by atoms with Crippen molar-refractivity contribution in [2.24, 2.45) is 34.5 Å². The van der Waals surface area contributed by atoms with Gasteiger partial charge in [-0.05, 0) is 36.5 Å². The van der Waals surface area contributed by atoms with E-state index in [4.69, 9.17) is 0 Å². The van der Waals surface area contributed by atoms with Crippen LogP contribution in [0.3, 0.4) is 0 Å². The molecule has 0 radical (unpaired) electrons. The number of halogens is 6. The van der Waals surface area contributed by atoms with Crippen molar-refractivity contribution in [3.63, 3.8) is 0 Å². The fourth-order valence-corrected chi connectivity index (χ4v) is 4.10. The van der Waals surface area contributed by atoms with E-state index in [-0.39, 0.29) is 6.42 Å². The molecule has 0 aliphatic carbocycles. The first-order valence-electron chi connectivity index (χ1n) is 9.61.